The Labute approximate surface area is 101 Å². The van der Waals surface area contributed by atoms with Crippen molar-refractivity contribution in [2.75, 3.05) is 0 Å². The van der Waals surface area contributed by atoms with E-state index in [1.165, 1.54) is 0 Å². The Morgan fingerprint density at radius 2 is 2.18 bits per heavy atom. The Kier molecular flexibility index (Phi) is 3.79. The van der Waals surface area contributed by atoms with Gasteiger partial charge in [-0.05, 0) is 18.1 Å². The van der Waals surface area contributed by atoms with Crippen LogP contribution in [0.25, 0.3) is 0 Å². The predicted molar refractivity (Wildman–Crippen MR) is 63.6 cm³/mol. The molecule has 0 N–H and O–H groups in total. The second kappa shape index (κ2) is 5.51. The van der Waals surface area contributed by atoms with Gasteiger partial charge >= 0.3 is 0 Å². The van der Waals surface area contributed by atoms with E-state index >= 15 is 0 Å². The van der Waals surface area contributed by atoms with E-state index in [0.29, 0.717) is 12.4 Å². The van der Waals surface area contributed by atoms with E-state index in [4.69, 9.17) is 14.7 Å². The molecule has 0 spiro atoms. The van der Waals surface area contributed by atoms with E-state index < -0.39 is 0 Å². The number of allylic oxidation sites excluding steroid dienone is 2. The van der Waals surface area contributed by atoms with Crippen molar-refractivity contribution >= 4 is 0 Å². The largest absolute Gasteiger partial charge is 0.455 e. The van der Waals surface area contributed by atoms with Crippen LogP contribution >= 0.6 is 0 Å². The van der Waals surface area contributed by atoms with E-state index in [9.17, 15) is 0 Å². The maximum absolute atomic E-state index is 8.78. The number of benzene rings is 1. The standard InChI is InChI=1S/C14H15NO2/c1-11-7-8-13(9-15)17-14(11)16-10-12-5-3-2-4-6-12/h2-6,8,11,14H,7,10H2,1H3/t11-,14-/m0/s1. The average molecular weight is 229 g/mol. The molecule has 0 aliphatic carbocycles. The van der Waals surface area contributed by atoms with Crippen LogP contribution in [0.4, 0.5) is 0 Å². The molecule has 0 fully saturated rings. The molecule has 88 valence electrons. The van der Waals surface area contributed by atoms with Gasteiger partial charge < -0.3 is 9.47 Å². The smallest absolute Gasteiger partial charge is 0.203 e. The monoisotopic (exact) mass is 229 g/mol. The summed E-state index contributed by atoms with van der Waals surface area (Å²) in [7, 11) is 0. The molecule has 1 aromatic carbocycles. The fraction of sp³-hybridized carbons (Fsp3) is 0.357. The van der Waals surface area contributed by atoms with Crippen LogP contribution in [0.2, 0.25) is 0 Å². The Morgan fingerprint density at radius 3 is 2.88 bits per heavy atom. The topological polar surface area (TPSA) is 42.2 Å². The molecule has 0 aromatic heterocycles. The second-order valence-electron chi connectivity index (χ2n) is 4.18. The minimum atomic E-state index is -0.324. The molecule has 1 aliphatic heterocycles. The highest BCUT2D eigenvalue weighted by atomic mass is 16.7. The van der Waals surface area contributed by atoms with Crippen molar-refractivity contribution in [1.82, 2.24) is 0 Å². The van der Waals surface area contributed by atoms with Crippen LogP contribution in [0.1, 0.15) is 18.9 Å². The van der Waals surface area contributed by atoms with Crippen molar-refractivity contribution < 1.29 is 9.47 Å². The summed E-state index contributed by atoms with van der Waals surface area (Å²) in [5.74, 6) is 0.636. The highest BCUT2D eigenvalue weighted by molar-refractivity contribution is 5.16. The Bertz CT molecular complexity index is 433. The molecule has 0 unspecified atom stereocenters. The second-order valence-corrected chi connectivity index (χ2v) is 4.18. The van der Waals surface area contributed by atoms with Gasteiger partial charge in [-0.1, -0.05) is 37.3 Å². The molecular formula is C14H15NO2. The van der Waals surface area contributed by atoms with Gasteiger partial charge in [0.25, 0.3) is 0 Å². The molecule has 1 heterocycles. The van der Waals surface area contributed by atoms with Gasteiger partial charge in [0.05, 0.1) is 6.61 Å². The summed E-state index contributed by atoms with van der Waals surface area (Å²) in [6.07, 6.45) is 2.31. The van der Waals surface area contributed by atoms with Gasteiger partial charge in [-0.3, -0.25) is 0 Å². The molecule has 2 rings (SSSR count). The first-order valence-corrected chi connectivity index (χ1v) is 5.72. The SMILES string of the molecule is C[C@H]1CC=C(C#N)O[C@@H]1OCc1ccccc1. The first-order valence-electron chi connectivity index (χ1n) is 5.72. The van der Waals surface area contributed by atoms with Crippen molar-refractivity contribution in [1.29, 1.82) is 5.26 Å². The molecule has 2 atom stereocenters. The van der Waals surface area contributed by atoms with Gasteiger partial charge in [0.1, 0.15) is 6.07 Å². The Morgan fingerprint density at radius 1 is 1.41 bits per heavy atom. The van der Waals surface area contributed by atoms with Crippen LogP contribution in [-0.2, 0) is 16.1 Å². The maximum atomic E-state index is 8.78. The molecule has 3 heteroatoms. The molecule has 0 amide bonds. The highest BCUT2D eigenvalue weighted by Gasteiger charge is 2.24. The summed E-state index contributed by atoms with van der Waals surface area (Å²) < 4.78 is 11.1. The predicted octanol–water partition coefficient (Wildman–Crippen LogP) is 2.99. The Hall–Kier alpha value is -1.79. The normalized spacial score (nSPS) is 23.4. The number of nitriles is 1. The first kappa shape index (κ1) is 11.7. The lowest BCUT2D eigenvalue weighted by Gasteiger charge is -2.27. The molecule has 0 saturated carbocycles. The summed E-state index contributed by atoms with van der Waals surface area (Å²) in [6, 6.07) is 12.0. The molecule has 1 aromatic rings. The lowest BCUT2D eigenvalue weighted by molar-refractivity contribution is -0.155. The van der Waals surface area contributed by atoms with Gasteiger partial charge in [0.2, 0.25) is 6.29 Å². The Balaban J connectivity index is 1.91. The molecule has 3 nitrogen and oxygen atoms in total. The van der Waals surface area contributed by atoms with Crippen LogP contribution in [-0.4, -0.2) is 6.29 Å². The summed E-state index contributed by atoms with van der Waals surface area (Å²) in [6.45, 7) is 2.56. The van der Waals surface area contributed by atoms with Crippen molar-refractivity contribution in [3.8, 4) is 6.07 Å². The summed E-state index contributed by atoms with van der Waals surface area (Å²) in [5.41, 5.74) is 1.11. The summed E-state index contributed by atoms with van der Waals surface area (Å²) >= 11 is 0. The van der Waals surface area contributed by atoms with Crippen LogP contribution in [0.5, 0.6) is 0 Å². The van der Waals surface area contributed by atoms with Gasteiger partial charge in [-0.25, -0.2) is 0 Å². The lowest BCUT2D eigenvalue weighted by atomic mass is 10.0. The number of hydrogen-bond donors (Lipinski definition) is 0. The molecule has 0 radical (unpaired) electrons. The van der Waals surface area contributed by atoms with E-state index in [1.807, 2.05) is 42.5 Å². The fourth-order valence-electron chi connectivity index (χ4n) is 1.72. The minimum Gasteiger partial charge on any atom is -0.455 e. The lowest BCUT2D eigenvalue weighted by Crippen LogP contribution is -2.27. The first-order chi connectivity index (χ1) is 8.29. The van der Waals surface area contributed by atoms with Gasteiger partial charge in [0, 0.05) is 5.92 Å². The molecule has 0 saturated heterocycles. The highest BCUT2D eigenvalue weighted by Crippen LogP contribution is 2.24. The van der Waals surface area contributed by atoms with Crippen LogP contribution in [0.3, 0.4) is 0 Å². The van der Waals surface area contributed by atoms with E-state index in [0.717, 1.165) is 12.0 Å². The fourth-order valence-corrected chi connectivity index (χ4v) is 1.72. The average Bonchev–Trinajstić information content (AvgIpc) is 2.39. The summed E-state index contributed by atoms with van der Waals surface area (Å²) in [5, 5.41) is 8.78. The van der Waals surface area contributed by atoms with Crippen LogP contribution in [0, 0.1) is 17.2 Å². The third-order valence-corrected chi connectivity index (χ3v) is 2.75. The van der Waals surface area contributed by atoms with Crippen LogP contribution in [0.15, 0.2) is 42.2 Å². The van der Waals surface area contributed by atoms with E-state index in [2.05, 4.69) is 6.92 Å². The molecule has 17 heavy (non-hydrogen) atoms. The molecular weight excluding hydrogens is 214 g/mol. The quantitative estimate of drug-likeness (QED) is 0.800. The zero-order chi connectivity index (χ0) is 12.1. The number of hydrogen-bond acceptors (Lipinski definition) is 3. The van der Waals surface area contributed by atoms with Crippen molar-refractivity contribution in [2.24, 2.45) is 5.92 Å². The number of rotatable bonds is 3. The van der Waals surface area contributed by atoms with E-state index in [-0.39, 0.29) is 12.2 Å². The van der Waals surface area contributed by atoms with Crippen molar-refractivity contribution in [3.05, 3.63) is 47.7 Å². The third kappa shape index (κ3) is 3.08. The van der Waals surface area contributed by atoms with Crippen molar-refractivity contribution in [2.45, 2.75) is 26.2 Å². The zero-order valence-corrected chi connectivity index (χ0v) is 9.80. The van der Waals surface area contributed by atoms with Gasteiger partial charge in [0.15, 0.2) is 5.76 Å². The summed E-state index contributed by atoms with van der Waals surface area (Å²) in [4.78, 5) is 0. The van der Waals surface area contributed by atoms with Crippen LogP contribution < -0.4 is 0 Å². The number of ether oxygens (including phenoxy) is 2. The van der Waals surface area contributed by atoms with Crippen molar-refractivity contribution in [3.63, 3.8) is 0 Å². The molecule has 1 aliphatic rings. The minimum absolute atomic E-state index is 0.274. The maximum Gasteiger partial charge on any atom is 0.203 e. The van der Waals surface area contributed by atoms with Gasteiger partial charge in [-0.2, -0.15) is 5.26 Å². The van der Waals surface area contributed by atoms with E-state index in [1.54, 1.807) is 0 Å². The zero-order valence-electron chi connectivity index (χ0n) is 9.80. The number of nitrogens with zero attached hydrogens (tertiary/aromatic N) is 1. The van der Waals surface area contributed by atoms with Gasteiger partial charge in [-0.15, -0.1) is 0 Å². The third-order valence-electron chi connectivity index (χ3n) is 2.75. The molecule has 0 bridgehead atoms.